The van der Waals surface area contributed by atoms with E-state index in [-0.39, 0.29) is 24.5 Å². The summed E-state index contributed by atoms with van der Waals surface area (Å²) in [4.78, 5) is 23.8. The molecule has 1 aromatic carbocycles. The summed E-state index contributed by atoms with van der Waals surface area (Å²) in [5.74, 6) is -0.253. The molecule has 0 radical (unpaired) electrons. The van der Waals surface area contributed by atoms with Gasteiger partial charge < -0.3 is 18.6 Å². The average molecular weight is 398 g/mol. The van der Waals surface area contributed by atoms with E-state index in [1.807, 2.05) is 26.0 Å². The third-order valence-electron chi connectivity index (χ3n) is 5.35. The molecule has 1 aromatic heterocycles. The van der Waals surface area contributed by atoms with E-state index >= 15 is 0 Å². The van der Waals surface area contributed by atoms with Crippen LogP contribution >= 0.6 is 0 Å². The van der Waals surface area contributed by atoms with E-state index in [9.17, 15) is 9.59 Å². The number of furan rings is 1. The zero-order valence-electron chi connectivity index (χ0n) is 17.6. The topological polar surface area (TPSA) is 75.0 Å². The van der Waals surface area contributed by atoms with Gasteiger partial charge in [0.15, 0.2) is 11.3 Å². The minimum Gasteiger partial charge on any atom is -0.492 e. The molecule has 0 spiro atoms. The molecule has 2 aromatic rings. The molecule has 0 unspecified atom stereocenters. The molecule has 1 aliphatic rings. The number of aryl methyl sites for hydroxylation is 1. The Morgan fingerprint density at radius 2 is 2.00 bits per heavy atom. The molecule has 154 valence electrons. The van der Waals surface area contributed by atoms with Crippen molar-refractivity contribution >= 4 is 29.0 Å². The molecule has 29 heavy (non-hydrogen) atoms. The largest absolute Gasteiger partial charge is 0.492 e. The lowest BCUT2D eigenvalue weighted by molar-refractivity contribution is -0.145. The second kappa shape index (κ2) is 8.15. The molecule has 0 saturated carbocycles. The Morgan fingerprint density at radius 3 is 2.62 bits per heavy atom. The first-order valence-corrected chi connectivity index (χ1v) is 9.56. The van der Waals surface area contributed by atoms with Gasteiger partial charge in [0.05, 0.1) is 13.4 Å². The number of hydrogen-bond donors (Lipinski definition) is 0. The van der Waals surface area contributed by atoms with Gasteiger partial charge in [0.25, 0.3) is 0 Å². The molecule has 0 aliphatic heterocycles. The molecule has 0 bridgehead atoms. The zero-order valence-corrected chi connectivity index (χ0v) is 17.6. The fourth-order valence-corrected chi connectivity index (χ4v) is 3.79. The van der Waals surface area contributed by atoms with Crippen LogP contribution in [0.5, 0.6) is 5.75 Å². The van der Waals surface area contributed by atoms with Crippen LogP contribution in [-0.2, 0) is 25.7 Å². The second-order valence-corrected chi connectivity index (χ2v) is 7.23. The molecule has 0 fully saturated rings. The summed E-state index contributed by atoms with van der Waals surface area (Å²) in [6, 6.07) is 0. The maximum absolute atomic E-state index is 12.3. The molecule has 0 N–H and O–H groups in total. The van der Waals surface area contributed by atoms with Gasteiger partial charge in [0.2, 0.25) is 0 Å². The smallest absolute Gasteiger partial charge is 0.333 e. The quantitative estimate of drug-likeness (QED) is 0.531. The first kappa shape index (κ1) is 20.7. The summed E-state index contributed by atoms with van der Waals surface area (Å²) in [6.07, 6.45) is 6.69. The van der Waals surface area contributed by atoms with Gasteiger partial charge in [-0.2, -0.15) is 0 Å². The van der Waals surface area contributed by atoms with Gasteiger partial charge in [-0.15, -0.1) is 0 Å². The number of carbonyl (C=O) groups excluding carboxylic acids is 2. The van der Waals surface area contributed by atoms with Crippen molar-refractivity contribution in [3.8, 4) is 5.75 Å². The van der Waals surface area contributed by atoms with Crippen molar-refractivity contribution in [1.82, 2.24) is 0 Å². The van der Waals surface area contributed by atoms with Gasteiger partial charge in [0.1, 0.15) is 12.7 Å². The van der Waals surface area contributed by atoms with E-state index in [1.54, 1.807) is 33.3 Å². The standard InChI is InChI=1S/C23H26O6/c1-7-12(2)23(25)28-11-17-19-13(3)10-27-22(19)21(26-6)16-8-9-18(29-15(5)24)14(4)20(16)17/h7-10,14,18H,11H2,1-6H3/t14-,18+/m0/s1. The third kappa shape index (κ3) is 3.67. The van der Waals surface area contributed by atoms with Crippen molar-refractivity contribution in [2.75, 3.05) is 7.11 Å². The number of methoxy groups -OCH3 is 1. The lowest BCUT2D eigenvalue weighted by atomic mass is 9.81. The summed E-state index contributed by atoms with van der Waals surface area (Å²) in [5, 5.41) is 0.857. The predicted octanol–water partition coefficient (Wildman–Crippen LogP) is 4.82. The third-order valence-corrected chi connectivity index (χ3v) is 5.35. The maximum Gasteiger partial charge on any atom is 0.333 e. The van der Waals surface area contributed by atoms with Gasteiger partial charge in [-0.1, -0.05) is 19.1 Å². The highest BCUT2D eigenvalue weighted by Gasteiger charge is 2.33. The summed E-state index contributed by atoms with van der Waals surface area (Å²) in [5.41, 5.74) is 4.69. The number of hydrogen-bond acceptors (Lipinski definition) is 6. The first-order chi connectivity index (χ1) is 13.8. The van der Waals surface area contributed by atoms with Gasteiger partial charge in [-0.25, -0.2) is 4.79 Å². The van der Waals surface area contributed by atoms with Crippen molar-refractivity contribution in [3.05, 3.63) is 46.2 Å². The lowest BCUT2D eigenvalue weighted by Gasteiger charge is -2.30. The summed E-state index contributed by atoms with van der Waals surface area (Å²) in [6.45, 7) is 8.90. The van der Waals surface area contributed by atoms with Gasteiger partial charge in [-0.3, -0.25) is 4.79 Å². The van der Waals surface area contributed by atoms with Crippen LogP contribution in [0.2, 0.25) is 0 Å². The fraction of sp³-hybridized carbons (Fsp3) is 0.391. The van der Waals surface area contributed by atoms with Crippen molar-refractivity contribution < 1.29 is 28.2 Å². The first-order valence-electron chi connectivity index (χ1n) is 9.56. The molecule has 0 amide bonds. The number of fused-ring (bicyclic) bond motifs is 2. The molecule has 6 heteroatoms. The number of ether oxygens (including phenoxy) is 3. The average Bonchev–Trinajstić information content (AvgIpc) is 3.07. The normalized spacial score (nSPS) is 18.5. The number of rotatable bonds is 5. The predicted molar refractivity (Wildman–Crippen MR) is 110 cm³/mol. The van der Waals surface area contributed by atoms with E-state index in [1.165, 1.54) is 6.92 Å². The monoisotopic (exact) mass is 398 g/mol. The van der Waals surface area contributed by atoms with Crippen LogP contribution in [0.15, 0.2) is 28.4 Å². The van der Waals surface area contributed by atoms with Crippen LogP contribution in [0.3, 0.4) is 0 Å². The summed E-state index contributed by atoms with van der Waals surface area (Å²) >= 11 is 0. The Labute approximate surface area is 170 Å². The van der Waals surface area contributed by atoms with Crippen LogP contribution in [0, 0.1) is 6.92 Å². The molecule has 1 heterocycles. The Hall–Kier alpha value is -3.02. The number of allylic oxidation sites excluding steroid dienone is 1. The fourth-order valence-electron chi connectivity index (χ4n) is 3.79. The highest BCUT2D eigenvalue weighted by Crippen LogP contribution is 2.46. The SMILES string of the molecule is CC=C(C)C(=O)OCc1c2c(c(OC)c3occ(C)c13)C=C[C@@H](OC(C)=O)[C@@H]2C. The minimum absolute atomic E-state index is 0.0815. The Bertz CT molecular complexity index is 1020. The van der Waals surface area contributed by atoms with E-state index < -0.39 is 6.10 Å². The van der Waals surface area contributed by atoms with E-state index in [0.29, 0.717) is 16.9 Å². The minimum atomic E-state index is -0.416. The van der Waals surface area contributed by atoms with Gasteiger partial charge in [0, 0.05) is 34.9 Å². The van der Waals surface area contributed by atoms with Crippen molar-refractivity contribution in [1.29, 1.82) is 0 Å². The van der Waals surface area contributed by atoms with Crippen LogP contribution in [0.1, 0.15) is 55.9 Å². The molecule has 0 saturated heterocycles. The number of carbonyl (C=O) groups is 2. The van der Waals surface area contributed by atoms with Crippen LogP contribution < -0.4 is 4.74 Å². The van der Waals surface area contributed by atoms with Crippen LogP contribution in [-0.4, -0.2) is 25.2 Å². The zero-order chi connectivity index (χ0) is 21.3. The maximum atomic E-state index is 12.3. The summed E-state index contributed by atoms with van der Waals surface area (Å²) < 4.78 is 22.5. The summed E-state index contributed by atoms with van der Waals surface area (Å²) in [7, 11) is 1.60. The van der Waals surface area contributed by atoms with Crippen molar-refractivity contribution in [2.45, 2.75) is 53.2 Å². The molecule has 2 atom stereocenters. The molecular formula is C23H26O6. The van der Waals surface area contributed by atoms with Crippen LogP contribution in [0.4, 0.5) is 0 Å². The Kier molecular flexibility index (Phi) is 5.82. The van der Waals surface area contributed by atoms with Crippen LogP contribution in [0.25, 0.3) is 17.0 Å². The van der Waals surface area contributed by atoms with E-state index in [4.69, 9.17) is 18.6 Å². The van der Waals surface area contributed by atoms with Crippen molar-refractivity contribution in [2.24, 2.45) is 0 Å². The molecule has 6 nitrogen and oxygen atoms in total. The van der Waals surface area contributed by atoms with E-state index in [0.717, 1.165) is 27.6 Å². The second-order valence-electron chi connectivity index (χ2n) is 7.23. The number of benzene rings is 1. The van der Waals surface area contributed by atoms with Crippen molar-refractivity contribution in [3.63, 3.8) is 0 Å². The molecule has 3 rings (SSSR count). The van der Waals surface area contributed by atoms with E-state index in [2.05, 4.69) is 0 Å². The number of esters is 2. The molecular weight excluding hydrogens is 372 g/mol. The lowest BCUT2D eigenvalue weighted by Crippen LogP contribution is -2.25. The highest BCUT2D eigenvalue weighted by molar-refractivity contribution is 5.95. The van der Waals surface area contributed by atoms with Gasteiger partial charge >= 0.3 is 11.9 Å². The Balaban J connectivity index is 2.20. The van der Waals surface area contributed by atoms with Gasteiger partial charge in [-0.05, 0) is 38.0 Å². The Morgan fingerprint density at radius 1 is 1.28 bits per heavy atom. The molecule has 1 aliphatic carbocycles. The highest BCUT2D eigenvalue weighted by atomic mass is 16.5.